The van der Waals surface area contributed by atoms with Gasteiger partial charge in [-0.2, -0.15) is 0 Å². The number of aliphatic imine (C=N–C) groups is 1. The van der Waals surface area contributed by atoms with Crippen LogP contribution in [0.15, 0.2) is 35.3 Å². The van der Waals surface area contributed by atoms with Gasteiger partial charge in [-0.15, -0.1) is 0 Å². The van der Waals surface area contributed by atoms with E-state index in [4.69, 9.17) is 4.74 Å². The van der Waals surface area contributed by atoms with E-state index in [0.717, 1.165) is 37.0 Å². The van der Waals surface area contributed by atoms with E-state index in [-0.39, 0.29) is 6.61 Å². The van der Waals surface area contributed by atoms with E-state index in [1.165, 1.54) is 25.9 Å². The highest BCUT2D eigenvalue weighted by atomic mass is 16.5. The molecule has 1 aromatic carbocycles. The van der Waals surface area contributed by atoms with E-state index < -0.39 is 6.10 Å². The van der Waals surface area contributed by atoms with Crippen LogP contribution in [0.3, 0.4) is 0 Å². The third-order valence-electron chi connectivity index (χ3n) is 5.16. The lowest BCUT2D eigenvalue weighted by Crippen LogP contribution is -2.49. The zero-order chi connectivity index (χ0) is 18.9. The van der Waals surface area contributed by atoms with Crippen molar-refractivity contribution >= 4 is 5.96 Å². The summed E-state index contributed by atoms with van der Waals surface area (Å²) in [5, 5.41) is 17.0. The Morgan fingerprint density at radius 2 is 1.96 bits per heavy atom. The molecule has 6 nitrogen and oxygen atoms in total. The lowest BCUT2D eigenvalue weighted by molar-refractivity contribution is 0.0331. The van der Waals surface area contributed by atoms with Crippen LogP contribution < -0.4 is 10.6 Å². The fraction of sp³-hybridized carbons (Fsp3) is 0.667. The van der Waals surface area contributed by atoms with Crippen LogP contribution in [0.25, 0.3) is 0 Å². The van der Waals surface area contributed by atoms with Gasteiger partial charge in [-0.05, 0) is 38.2 Å². The first-order valence-corrected chi connectivity index (χ1v) is 10.3. The first-order valence-electron chi connectivity index (χ1n) is 10.3. The van der Waals surface area contributed by atoms with Crippen LogP contribution in [-0.4, -0.2) is 66.9 Å². The molecule has 1 aliphatic heterocycles. The first-order chi connectivity index (χ1) is 13.2. The number of likely N-dealkylation sites (tertiary alicyclic amines) is 1. The maximum absolute atomic E-state index is 10.2. The summed E-state index contributed by atoms with van der Waals surface area (Å²) in [5.74, 6) is 0.796. The van der Waals surface area contributed by atoms with E-state index in [1.54, 1.807) is 0 Å². The van der Waals surface area contributed by atoms with Crippen LogP contribution in [0.4, 0.5) is 0 Å². The summed E-state index contributed by atoms with van der Waals surface area (Å²) >= 11 is 0. The van der Waals surface area contributed by atoms with Crippen LogP contribution in [0.5, 0.6) is 0 Å². The molecule has 1 saturated carbocycles. The number of rotatable bonds is 9. The predicted molar refractivity (Wildman–Crippen MR) is 109 cm³/mol. The summed E-state index contributed by atoms with van der Waals surface area (Å²) in [5.41, 5.74) is 1.11. The molecule has 2 fully saturated rings. The SMILES string of the molecule is CCNC(=NCC(O)COCc1ccccc1)NC1CCN(C2CC2)CC1. The lowest BCUT2D eigenvalue weighted by Gasteiger charge is -2.33. The van der Waals surface area contributed by atoms with Crippen molar-refractivity contribution in [3.63, 3.8) is 0 Å². The Bertz CT molecular complexity index is 569. The smallest absolute Gasteiger partial charge is 0.191 e. The maximum atomic E-state index is 10.2. The molecule has 0 aromatic heterocycles. The second kappa shape index (κ2) is 10.6. The number of piperidine rings is 1. The zero-order valence-electron chi connectivity index (χ0n) is 16.4. The summed E-state index contributed by atoms with van der Waals surface area (Å²) < 4.78 is 5.60. The molecule has 1 heterocycles. The van der Waals surface area contributed by atoms with Gasteiger partial charge < -0.3 is 25.4 Å². The van der Waals surface area contributed by atoms with Crippen LogP contribution in [0, 0.1) is 0 Å². The number of guanidine groups is 1. The molecule has 27 heavy (non-hydrogen) atoms. The van der Waals surface area contributed by atoms with Crippen molar-refractivity contribution in [2.24, 2.45) is 4.99 Å². The van der Waals surface area contributed by atoms with Gasteiger partial charge in [-0.1, -0.05) is 30.3 Å². The van der Waals surface area contributed by atoms with Crippen molar-refractivity contribution in [1.29, 1.82) is 0 Å². The van der Waals surface area contributed by atoms with Gasteiger partial charge >= 0.3 is 0 Å². The first kappa shape index (κ1) is 20.1. The minimum atomic E-state index is -0.596. The van der Waals surface area contributed by atoms with E-state index >= 15 is 0 Å². The second-order valence-electron chi connectivity index (χ2n) is 7.56. The van der Waals surface area contributed by atoms with Crippen molar-refractivity contribution in [3.8, 4) is 0 Å². The van der Waals surface area contributed by atoms with Crippen molar-refractivity contribution in [2.45, 2.75) is 57.4 Å². The molecule has 1 unspecified atom stereocenters. The number of nitrogens with zero attached hydrogens (tertiary/aromatic N) is 2. The molecule has 1 aliphatic carbocycles. The second-order valence-corrected chi connectivity index (χ2v) is 7.56. The number of aliphatic hydroxyl groups excluding tert-OH is 1. The molecule has 150 valence electrons. The number of nitrogens with one attached hydrogen (secondary N) is 2. The highest BCUT2D eigenvalue weighted by Crippen LogP contribution is 2.29. The van der Waals surface area contributed by atoms with Crippen molar-refractivity contribution < 1.29 is 9.84 Å². The Balaban J connectivity index is 1.37. The fourth-order valence-corrected chi connectivity index (χ4v) is 3.50. The van der Waals surface area contributed by atoms with Crippen LogP contribution >= 0.6 is 0 Å². The van der Waals surface area contributed by atoms with Gasteiger partial charge in [0.25, 0.3) is 0 Å². The standard InChI is InChI=1S/C21H34N4O2/c1-2-22-21(24-18-10-12-25(13-11-18)19-8-9-19)23-14-20(26)16-27-15-17-6-4-3-5-7-17/h3-7,18-20,26H,2,8-16H2,1H3,(H2,22,23,24). The molecular weight excluding hydrogens is 340 g/mol. The van der Waals surface area contributed by atoms with Crippen molar-refractivity contribution in [2.75, 3.05) is 32.8 Å². The van der Waals surface area contributed by atoms with E-state index in [9.17, 15) is 5.11 Å². The van der Waals surface area contributed by atoms with E-state index in [1.807, 2.05) is 30.3 Å². The average molecular weight is 375 g/mol. The van der Waals surface area contributed by atoms with E-state index in [2.05, 4.69) is 27.4 Å². The van der Waals surface area contributed by atoms with Gasteiger partial charge in [0.1, 0.15) is 0 Å². The fourth-order valence-electron chi connectivity index (χ4n) is 3.50. The van der Waals surface area contributed by atoms with Gasteiger partial charge in [0.05, 0.1) is 25.9 Å². The largest absolute Gasteiger partial charge is 0.389 e. The van der Waals surface area contributed by atoms with Gasteiger partial charge in [-0.25, -0.2) is 0 Å². The third kappa shape index (κ3) is 7.13. The molecular formula is C21H34N4O2. The lowest BCUT2D eigenvalue weighted by atomic mass is 10.1. The van der Waals surface area contributed by atoms with Crippen LogP contribution in [0.2, 0.25) is 0 Å². The Morgan fingerprint density at radius 3 is 2.63 bits per heavy atom. The summed E-state index contributed by atoms with van der Waals surface area (Å²) in [7, 11) is 0. The summed E-state index contributed by atoms with van der Waals surface area (Å²) in [6.45, 7) is 6.37. The molecule has 1 atom stereocenters. The predicted octanol–water partition coefficient (Wildman–Crippen LogP) is 1.75. The minimum Gasteiger partial charge on any atom is -0.389 e. The Hall–Kier alpha value is -1.63. The molecule has 0 radical (unpaired) electrons. The maximum Gasteiger partial charge on any atom is 0.191 e. The summed E-state index contributed by atoms with van der Waals surface area (Å²) in [4.78, 5) is 7.17. The monoisotopic (exact) mass is 374 g/mol. The summed E-state index contributed by atoms with van der Waals surface area (Å²) in [6.07, 6.45) is 4.48. The van der Waals surface area contributed by atoms with Gasteiger partial charge in [-0.3, -0.25) is 4.99 Å². The number of ether oxygens (including phenoxy) is 1. The van der Waals surface area contributed by atoms with Gasteiger partial charge in [0.15, 0.2) is 5.96 Å². The topological polar surface area (TPSA) is 69.1 Å². The number of hydrogen-bond donors (Lipinski definition) is 3. The van der Waals surface area contributed by atoms with Crippen LogP contribution in [0.1, 0.15) is 38.2 Å². The van der Waals surface area contributed by atoms with E-state index in [0.29, 0.717) is 19.2 Å². The van der Waals surface area contributed by atoms with Gasteiger partial charge in [0.2, 0.25) is 0 Å². The molecule has 3 rings (SSSR count). The zero-order valence-corrected chi connectivity index (χ0v) is 16.4. The molecule has 0 spiro atoms. The molecule has 6 heteroatoms. The highest BCUT2D eigenvalue weighted by molar-refractivity contribution is 5.80. The average Bonchev–Trinajstić information content (AvgIpc) is 3.53. The number of hydrogen-bond acceptors (Lipinski definition) is 4. The Kier molecular flexibility index (Phi) is 7.93. The normalized spacial score (nSPS) is 20.4. The molecule has 1 aromatic rings. The molecule has 2 aliphatic rings. The third-order valence-corrected chi connectivity index (χ3v) is 5.16. The van der Waals surface area contributed by atoms with Crippen molar-refractivity contribution in [1.82, 2.24) is 15.5 Å². The molecule has 0 bridgehead atoms. The molecule has 1 saturated heterocycles. The molecule has 0 amide bonds. The Morgan fingerprint density at radius 1 is 1.22 bits per heavy atom. The van der Waals surface area contributed by atoms with Crippen LogP contribution in [-0.2, 0) is 11.3 Å². The molecule has 3 N–H and O–H groups in total. The summed E-state index contributed by atoms with van der Waals surface area (Å²) in [6, 6.07) is 11.3. The quantitative estimate of drug-likeness (QED) is 0.454. The highest BCUT2D eigenvalue weighted by Gasteiger charge is 2.31. The Labute approximate surface area is 163 Å². The van der Waals surface area contributed by atoms with Gasteiger partial charge in [0, 0.05) is 31.7 Å². The van der Waals surface area contributed by atoms with Crippen molar-refractivity contribution in [3.05, 3.63) is 35.9 Å². The number of aliphatic hydroxyl groups is 1. The minimum absolute atomic E-state index is 0.289. The number of benzene rings is 1.